The Balaban J connectivity index is 2.23. The van der Waals surface area contributed by atoms with E-state index >= 15 is 0 Å². The number of nitrogens with one attached hydrogen (secondary N) is 1. The average Bonchev–Trinajstić information content (AvgIpc) is 2.79. The molecule has 2 aromatic rings. The first-order valence-corrected chi connectivity index (χ1v) is 5.59. The standard InChI is InChI=1S/C12H17N5/c1-12(2,3)15-6-10-4-5-13-7-11(10)17-9-14-8-16-17/h4-5,7-9,15H,6H2,1-3H3. The molecule has 0 saturated carbocycles. The van der Waals surface area contributed by atoms with Gasteiger partial charge in [0.1, 0.15) is 12.7 Å². The van der Waals surface area contributed by atoms with Crippen molar-refractivity contribution in [3.05, 3.63) is 36.7 Å². The number of aromatic nitrogens is 4. The van der Waals surface area contributed by atoms with Crippen LogP contribution >= 0.6 is 0 Å². The highest BCUT2D eigenvalue weighted by atomic mass is 15.3. The van der Waals surface area contributed by atoms with Gasteiger partial charge in [0.05, 0.1) is 11.9 Å². The van der Waals surface area contributed by atoms with Crippen molar-refractivity contribution < 1.29 is 0 Å². The number of pyridine rings is 1. The maximum Gasteiger partial charge on any atom is 0.138 e. The van der Waals surface area contributed by atoms with Gasteiger partial charge in [0.15, 0.2) is 0 Å². The van der Waals surface area contributed by atoms with Crippen LogP contribution in [0.1, 0.15) is 26.3 Å². The molecule has 0 spiro atoms. The number of rotatable bonds is 3. The molecular formula is C12H17N5. The third-order valence-corrected chi connectivity index (χ3v) is 2.36. The fourth-order valence-corrected chi connectivity index (χ4v) is 1.46. The number of nitrogens with zero attached hydrogens (tertiary/aromatic N) is 4. The van der Waals surface area contributed by atoms with E-state index in [9.17, 15) is 0 Å². The minimum atomic E-state index is 0.0862. The van der Waals surface area contributed by atoms with Gasteiger partial charge in [-0.1, -0.05) is 0 Å². The Kier molecular flexibility index (Phi) is 3.19. The van der Waals surface area contributed by atoms with Crippen molar-refractivity contribution in [1.29, 1.82) is 0 Å². The van der Waals surface area contributed by atoms with E-state index in [1.54, 1.807) is 23.4 Å². The predicted octanol–water partition coefficient (Wildman–Crippen LogP) is 1.55. The largest absolute Gasteiger partial charge is 0.308 e. The molecule has 0 radical (unpaired) electrons. The lowest BCUT2D eigenvalue weighted by Gasteiger charge is -2.21. The van der Waals surface area contributed by atoms with Gasteiger partial charge >= 0.3 is 0 Å². The van der Waals surface area contributed by atoms with Crippen LogP contribution in [0.4, 0.5) is 0 Å². The maximum absolute atomic E-state index is 4.13. The maximum atomic E-state index is 4.13. The Morgan fingerprint density at radius 3 is 2.76 bits per heavy atom. The molecule has 0 bridgehead atoms. The Morgan fingerprint density at radius 1 is 1.29 bits per heavy atom. The van der Waals surface area contributed by atoms with Crippen LogP contribution in [0, 0.1) is 0 Å². The minimum Gasteiger partial charge on any atom is -0.308 e. The van der Waals surface area contributed by atoms with E-state index in [4.69, 9.17) is 0 Å². The fraction of sp³-hybridized carbons (Fsp3) is 0.417. The summed E-state index contributed by atoms with van der Waals surface area (Å²) in [5, 5.41) is 7.58. The van der Waals surface area contributed by atoms with Crippen LogP contribution in [0.25, 0.3) is 5.69 Å². The first kappa shape index (κ1) is 11.7. The monoisotopic (exact) mass is 231 g/mol. The lowest BCUT2D eigenvalue weighted by atomic mass is 10.1. The van der Waals surface area contributed by atoms with Crippen LogP contribution in [-0.2, 0) is 6.54 Å². The second-order valence-electron chi connectivity index (χ2n) is 4.95. The third-order valence-electron chi connectivity index (χ3n) is 2.36. The minimum absolute atomic E-state index is 0.0862. The van der Waals surface area contributed by atoms with E-state index in [1.807, 2.05) is 6.07 Å². The zero-order valence-corrected chi connectivity index (χ0v) is 10.4. The van der Waals surface area contributed by atoms with Crippen molar-refractivity contribution in [3.8, 4) is 5.69 Å². The van der Waals surface area contributed by atoms with Crippen LogP contribution < -0.4 is 5.32 Å². The van der Waals surface area contributed by atoms with Gasteiger partial charge < -0.3 is 5.32 Å². The summed E-state index contributed by atoms with van der Waals surface area (Å²) in [6.45, 7) is 7.21. The molecule has 0 amide bonds. The quantitative estimate of drug-likeness (QED) is 0.870. The van der Waals surface area contributed by atoms with Crippen molar-refractivity contribution in [1.82, 2.24) is 25.1 Å². The Hall–Kier alpha value is -1.75. The molecule has 5 nitrogen and oxygen atoms in total. The highest BCUT2D eigenvalue weighted by molar-refractivity contribution is 5.36. The van der Waals surface area contributed by atoms with E-state index in [2.05, 4.69) is 41.2 Å². The lowest BCUT2D eigenvalue weighted by molar-refractivity contribution is 0.423. The Morgan fingerprint density at radius 2 is 2.12 bits per heavy atom. The summed E-state index contributed by atoms with van der Waals surface area (Å²) in [5.74, 6) is 0. The van der Waals surface area contributed by atoms with Crippen LogP contribution in [0.5, 0.6) is 0 Å². The normalized spacial score (nSPS) is 11.7. The summed E-state index contributed by atoms with van der Waals surface area (Å²) in [6.07, 6.45) is 6.79. The van der Waals surface area contributed by atoms with Gasteiger partial charge in [-0.05, 0) is 32.4 Å². The van der Waals surface area contributed by atoms with Crippen molar-refractivity contribution >= 4 is 0 Å². The summed E-state index contributed by atoms with van der Waals surface area (Å²) in [6, 6.07) is 2.00. The van der Waals surface area contributed by atoms with Gasteiger partial charge in [-0.3, -0.25) is 4.98 Å². The molecular weight excluding hydrogens is 214 g/mol. The van der Waals surface area contributed by atoms with E-state index < -0.39 is 0 Å². The Bertz CT molecular complexity index is 470. The second kappa shape index (κ2) is 4.63. The second-order valence-corrected chi connectivity index (χ2v) is 4.95. The summed E-state index contributed by atoms with van der Waals surface area (Å²) in [5.41, 5.74) is 2.20. The Labute approximate surface area is 101 Å². The topological polar surface area (TPSA) is 55.6 Å². The van der Waals surface area contributed by atoms with Crippen LogP contribution in [-0.4, -0.2) is 25.3 Å². The predicted molar refractivity (Wildman–Crippen MR) is 65.7 cm³/mol. The molecule has 90 valence electrons. The van der Waals surface area contributed by atoms with E-state index in [-0.39, 0.29) is 5.54 Å². The molecule has 2 aromatic heterocycles. The number of hydrogen-bond acceptors (Lipinski definition) is 4. The van der Waals surface area contributed by atoms with E-state index in [1.165, 1.54) is 6.33 Å². The molecule has 0 atom stereocenters. The highest BCUT2D eigenvalue weighted by Gasteiger charge is 2.11. The molecule has 1 N–H and O–H groups in total. The van der Waals surface area contributed by atoms with Crippen molar-refractivity contribution in [3.63, 3.8) is 0 Å². The van der Waals surface area contributed by atoms with Crippen LogP contribution in [0.2, 0.25) is 0 Å². The molecule has 0 aliphatic rings. The average molecular weight is 231 g/mol. The van der Waals surface area contributed by atoms with Gasteiger partial charge in [0.25, 0.3) is 0 Å². The van der Waals surface area contributed by atoms with E-state index in [0.717, 1.165) is 17.8 Å². The van der Waals surface area contributed by atoms with Gasteiger partial charge in [-0.2, -0.15) is 5.10 Å². The van der Waals surface area contributed by atoms with E-state index in [0.29, 0.717) is 0 Å². The molecule has 0 aliphatic carbocycles. The molecule has 17 heavy (non-hydrogen) atoms. The number of hydrogen-bond donors (Lipinski definition) is 1. The molecule has 0 aromatic carbocycles. The van der Waals surface area contributed by atoms with Gasteiger partial charge in [0, 0.05) is 18.3 Å². The summed E-state index contributed by atoms with van der Waals surface area (Å²) in [7, 11) is 0. The molecule has 2 heterocycles. The lowest BCUT2D eigenvalue weighted by Crippen LogP contribution is -2.35. The first-order chi connectivity index (χ1) is 8.06. The zero-order valence-electron chi connectivity index (χ0n) is 10.4. The smallest absolute Gasteiger partial charge is 0.138 e. The molecule has 0 aliphatic heterocycles. The summed E-state index contributed by atoms with van der Waals surface area (Å²) >= 11 is 0. The summed E-state index contributed by atoms with van der Waals surface area (Å²) < 4.78 is 1.73. The molecule has 0 saturated heterocycles. The zero-order chi connectivity index (χ0) is 12.3. The van der Waals surface area contributed by atoms with Gasteiger partial charge in [0.2, 0.25) is 0 Å². The summed E-state index contributed by atoms with van der Waals surface area (Å²) in [4.78, 5) is 8.08. The van der Waals surface area contributed by atoms with Crippen molar-refractivity contribution in [2.24, 2.45) is 0 Å². The molecule has 2 rings (SSSR count). The van der Waals surface area contributed by atoms with Gasteiger partial charge in [-0.15, -0.1) is 0 Å². The van der Waals surface area contributed by atoms with Crippen LogP contribution in [0.15, 0.2) is 31.1 Å². The van der Waals surface area contributed by atoms with Crippen molar-refractivity contribution in [2.45, 2.75) is 32.9 Å². The first-order valence-electron chi connectivity index (χ1n) is 5.59. The van der Waals surface area contributed by atoms with Gasteiger partial charge in [-0.25, -0.2) is 9.67 Å². The highest BCUT2D eigenvalue weighted by Crippen LogP contribution is 2.12. The fourth-order valence-electron chi connectivity index (χ4n) is 1.46. The third kappa shape index (κ3) is 3.10. The SMILES string of the molecule is CC(C)(C)NCc1ccncc1-n1cncn1. The molecule has 0 fully saturated rings. The molecule has 5 heteroatoms. The van der Waals surface area contributed by atoms with Crippen LogP contribution in [0.3, 0.4) is 0 Å². The van der Waals surface area contributed by atoms with Crippen molar-refractivity contribution in [2.75, 3.05) is 0 Å². The molecule has 0 unspecified atom stereocenters.